The molecule has 0 spiro atoms. The highest BCUT2D eigenvalue weighted by molar-refractivity contribution is 7.99. The zero-order valence-electron chi connectivity index (χ0n) is 20.9. The van der Waals surface area contributed by atoms with Crippen LogP contribution >= 0.6 is 34.9 Å². The Kier molecular flexibility index (Phi) is 9.43. The highest BCUT2D eigenvalue weighted by Gasteiger charge is 2.21. The molecule has 2 heterocycles. The Bertz CT molecular complexity index is 1350. The first kappa shape index (κ1) is 27.0. The normalized spacial score (nSPS) is 10.9. The number of hydrogen-bond donors (Lipinski definition) is 1. The van der Waals surface area contributed by atoms with Gasteiger partial charge >= 0.3 is 5.97 Å². The van der Waals surface area contributed by atoms with E-state index in [1.807, 2.05) is 41.8 Å². The Hall–Kier alpha value is -3.08. The molecule has 2 aromatic heterocycles. The minimum absolute atomic E-state index is 0.143. The smallest absolute Gasteiger partial charge is 0.341 e. The van der Waals surface area contributed by atoms with E-state index in [4.69, 9.17) is 4.74 Å². The molecule has 10 heteroatoms. The number of carbonyl (C=O) groups is 2. The molecule has 0 saturated heterocycles. The van der Waals surface area contributed by atoms with E-state index in [9.17, 15) is 9.59 Å². The number of amides is 1. The van der Waals surface area contributed by atoms with E-state index in [0.29, 0.717) is 28.0 Å². The van der Waals surface area contributed by atoms with Gasteiger partial charge in [0.25, 0.3) is 0 Å². The number of aromatic nitrogens is 3. The van der Waals surface area contributed by atoms with E-state index in [0.717, 1.165) is 16.3 Å². The van der Waals surface area contributed by atoms with Crippen LogP contribution in [0.25, 0.3) is 10.4 Å². The summed E-state index contributed by atoms with van der Waals surface area (Å²) in [5, 5.41) is 12.8. The molecule has 1 amide bonds. The number of nitrogens with zero attached hydrogens (tertiary/aromatic N) is 3. The number of rotatable bonds is 11. The van der Waals surface area contributed by atoms with Crippen LogP contribution in [0.3, 0.4) is 0 Å². The summed E-state index contributed by atoms with van der Waals surface area (Å²) in [7, 11) is 0. The summed E-state index contributed by atoms with van der Waals surface area (Å²) in [6.07, 6.45) is 0. The lowest BCUT2D eigenvalue weighted by Crippen LogP contribution is -2.16. The van der Waals surface area contributed by atoms with E-state index in [1.165, 1.54) is 33.6 Å². The summed E-state index contributed by atoms with van der Waals surface area (Å²) in [6, 6.07) is 19.9. The van der Waals surface area contributed by atoms with Crippen molar-refractivity contribution in [1.82, 2.24) is 14.8 Å². The number of thiophene rings is 1. The molecule has 0 fully saturated rings. The molecule has 2 aromatic carbocycles. The average molecular weight is 553 g/mol. The van der Waals surface area contributed by atoms with Crippen LogP contribution in [0.2, 0.25) is 0 Å². The molecule has 0 bridgehead atoms. The minimum Gasteiger partial charge on any atom is -0.462 e. The van der Waals surface area contributed by atoms with Crippen molar-refractivity contribution in [1.29, 1.82) is 0 Å². The van der Waals surface area contributed by atoms with Gasteiger partial charge in [-0.1, -0.05) is 59.8 Å². The van der Waals surface area contributed by atoms with Crippen molar-refractivity contribution in [3.05, 3.63) is 77.6 Å². The summed E-state index contributed by atoms with van der Waals surface area (Å²) in [5.74, 6) is 1.02. The number of anilines is 1. The Morgan fingerprint density at radius 2 is 1.78 bits per heavy atom. The lowest BCUT2D eigenvalue weighted by molar-refractivity contribution is -0.113. The van der Waals surface area contributed by atoms with Crippen LogP contribution in [0.4, 0.5) is 5.00 Å². The molecule has 0 saturated carbocycles. The van der Waals surface area contributed by atoms with Crippen LogP contribution in [-0.2, 0) is 21.8 Å². The molecule has 4 aromatic rings. The van der Waals surface area contributed by atoms with E-state index in [2.05, 4.69) is 46.7 Å². The third kappa shape index (κ3) is 7.03. The zero-order chi connectivity index (χ0) is 26.2. The van der Waals surface area contributed by atoms with E-state index in [-0.39, 0.29) is 18.3 Å². The topological polar surface area (TPSA) is 86.1 Å². The van der Waals surface area contributed by atoms with Gasteiger partial charge in [0, 0.05) is 16.3 Å². The van der Waals surface area contributed by atoms with Gasteiger partial charge in [-0.3, -0.25) is 4.79 Å². The molecule has 0 aliphatic heterocycles. The molecule has 1 N–H and O–H groups in total. The number of ether oxygens (including phenoxy) is 1. The first-order valence-corrected chi connectivity index (χ1v) is 14.7. The summed E-state index contributed by atoms with van der Waals surface area (Å²) in [5.41, 5.74) is 2.56. The molecular weight excluding hydrogens is 525 g/mol. The average Bonchev–Trinajstić information content (AvgIpc) is 3.51. The Balaban J connectivity index is 1.41. The third-order valence-electron chi connectivity index (χ3n) is 5.37. The molecule has 0 aliphatic rings. The maximum absolute atomic E-state index is 12.9. The van der Waals surface area contributed by atoms with Gasteiger partial charge in [0.2, 0.25) is 5.91 Å². The molecule has 0 radical (unpaired) electrons. The lowest BCUT2D eigenvalue weighted by Gasteiger charge is -2.08. The fourth-order valence-electron chi connectivity index (χ4n) is 3.51. The fourth-order valence-corrected chi connectivity index (χ4v) is 6.24. The van der Waals surface area contributed by atoms with Gasteiger partial charge in [0.05, 0.1) is 23.7 Å². The SMILES string of the molecule is CCOC(=O)c1cc(-c2ccccc2)sc1NC(=O)CSc1nnc(CSc2ccc(C)cc2)n1CC. The molecule has 4 rings (SSSR count). The van der Waals surface area contributed by atoms with Crippen LogP contribution in [0.5, 0.6) is 0 Å². The van der Waals surface area contributed by atoms with Crippen LogP contribution < -0.4 is 5.32 Å². The predicted octanol–water partition coefficient (Wildman–Crippen LogP) is 6.53. The summed E-state index contributed by atoms with van der Waals surface area (Å²) in [6.45, 7) is 6.83. The van der Waals surface area contributed by atoms with Crippen LogP contribution in [0.1, 0.15) is 35.6 Å². The number of aryl methyl sites for hydroxylation is 1. The van der Waals surface area contributed by atoms with Crippen molar-refractivity contribution >= 4 is 51.7 Å². The zero-order valence-corrected chi connectivity index (χ0v) is 23.3. The molecule has 37 heavy (non-hydrogen) atoms. The molecule has 0 atom stereocenters. The molecule has 0 aliphatic carbocycles. The van der Waals surface area contributed by atoms with Gasteiger partial charge in [0.1, 0.15) is 10.8 Å². The van der Waals surface area contributed by atoms with Crippen LogP contribution in [0.15, 0.2) is 70.7 Å². The second-order valence-electron chi connectivity index (χ2n) is 8.02. The summed E-state index contributed by atoms with van der Waals surface area (Å²) < 4.78 is 7.24. The van der Waals surface area contributed by atoms with Gasteiger partial charge in [-0.05, 0) is 44.5 Å². The number of carbonyl (C=O) groups excluding carboxylic acids is 2. The van der Waals surface area contributed by atoms with Crippen molar-refractivity contribution in [2.24, 2.45) is 0 Å². The second kappa shape index (κ2) is 12.9. The largest absolute Gasteiger partial charge is 0.462 e. The van der Waals surface area contributed by atoms with E-state index < -0.39 is 5.97 Å². The van der Waals surface area contributed by atoms with Crippen LogP contribution in [-0.4, -0.2) is 39.0 Å². The van der Waals surface area contributed by atoms with Gasteiger partial charge in [-0.15, -0.1) is 33.3 Å². The Labute approximate surface area is 229 Å². The molecule has 192 valence electrons. The highest BCUT2D eigenvalue weighted by atomic mass is 32.2. The Morgan fingerprint density at radius 1 is 1.03 bits per heavy atom. The molecular formula is C27H28N4O3S3. The number of benzene rings is 2. The maximum atomic E-state index is 12.9. The van der Waals surface area contributed by atoms with Crippen molar-refractivity contribution < 1.29 is 14.3 Å². The first-order valence-electron chi connectivity index (χ1n) is 11.9. The van der Waals surface area contributed by atoms with Gasteiger partial charge in [-0.2, -0.15) is 0 Å². The first-order chi connectivity index (χ1) is 18.0. The predicted molar refractivity (Wildman–Crippen MR) is 152 cm³/mol. The number of esters is 1. The van der Waals surface area contributed by atoms with Gasteiger partial charge in [-0.25, -0.2) is 4.79 Å². The second-order valence-corrected chi connectivity index (χ2v) is 11.1. The van der Waals surface area contributed by atoms with Gasteiger partial charge < -0.3 is 14.6 Å². The van der Waals surface area contributed by atoms with Crippen LogP contribution in [0, 0.1) is 6.92 Å². The van der Waals surface area contributed by atoms with Crippen molar-refractivity contribution in [2.45, 2.75) is 43.1 Å². The van der Waals surface area contributed by atoms with E-state index in [1.54, 1.807) is 24.8 Å². The highest BCUT2D eigenvalue weighted by Crippen LogP contribution is 2.36. The monoisotopic (exact) mass is 552 g/mol. The minimum atomic E-state index is -0.453. The summed E-state index contributed by atoms with van der Waals surface area (Å²) in [4.78, 5) is 27.5. The number of hydrogen-bond acceptors (Lipinski definition) is 8. The summed E-state index contributed by atoms with van der Waals surface area (Å²) >= 11 is 4.39. The molecule has 0 unspecified atom stereocenters. The number of thioether (sulfide) groups is 2. The van der Waals surface area contributed by atoms with Crippen molar-refractivity contribution in [3.63, 3.8) is 0 Å². The van der Waals surface area contributed by atoms with E-state index >= 15 is 0 Å². The van der Waals surface area contributed by atoms with Crippen molar-refractivity contribution in [3.8, 4) is 10.4 Å². The van der Waals surface area contributed by atoms with Crippen molar-refractivity contribution in [2.75, 3.05) is 17.7 Å². The quantitative estimate of drug-likeness (QED) is 0.167. The fraction of sp³-hybridized carbons (Fsp3) is 0.259. The van der Waals surface area contributed by atoms with Gasteiger partial charge in [0.15, 0.2) is 5.16 Å². The molecule has 7 nitrogen and oxygen atoms in total. The maximum Gasteiger partial charge on any atom is 0.341 e. The third-order valence-corrected chi connectivity index (χ3v) is 8.44. The Morgan fingerprint density at radius 3 is 2.49 bits per heavy atom. The number of nitrogens with one attached hydrogen (secondary N) is 1. The standard InChI is InChI=1S/C27H28N4O3S3/c1-4-31-23(16-35-20-13-11-18(3)12-14-20)29-30-27(31)36-17-24(32)28-25-21(26(33)34-5-2)15-22(37-25)19-9-7-6-8-10-19/h6-15H,4-5,16-17H2,1-3H3,(H,28,32). The lowest BCUT2D eigenvalue weighted by atomic mass is 10.1.